The van der Waals surface area contributed by atoms with Crippen molar-refractivity contribution in [2.75, 3.05) is 4.72 Å². The van der Waals surface area contributed by atoms with Gasteiger partial charge in [-0.1, -0.05) is 39.1 Å². The molecule has 1 heterocycles. The molecule has 0 amide bonds. The number of nitrogens with zero attached hydrogens (tertiary/aromatic N) is 2. The third-order valence-electron chi connectivity index (χ3n) is 2.13. The number of benzene rings is 1. The van der Waals surface area contributed by atoms with Crippen molar-refractivity contribution in [1.82, 2.24) is 4.98 Å². The van der Waals surface area contributed by atoms with Crippen molar-refractivity contribution in [3.8, 4) is 0 Å². The lowest BCUT2D eigenvalue weighted by molar-refractivity contribution is -0.380. The van der Waals surface area contributed by atoms with Crippen LogP contribution in [0.25, 0.3) is 0 Å². The summed E-state index contributed by atoms with van der Waals surface area (Å²) < 4.78 is 27.1. The molecule has 0 bridgehead atoms. The molecule has 0 fully saturated rings. The quantitative estimate of drug-likeness (QED) is 0.582. The van der Waals surface area contributed by atoms with Gasteiger partial charge in [0.25, 0.3) is 10.0 Å². The molecule has 0 aliphatic carbocycles. The van der Waals surface area contributed by atoms with Gasteiger partial charge in [-0.15, -0.1) is 0 Å². The molecule has 0 atom stereocenters. The van der Waals surface area contributed by atoms with Gasteiger partial charge in [-0.05, 0) is 23.5 Å². The molecule has 21 heavy (non-hydrogen) atoms. The molecule has 0 saturated carbocycles. The average molecular weight is 433 g/mol. The van der Waals surface area contributed by atoms with Gasteiger partial charge in [0.15, 0.2) is 0 Å². The number of rotatable bonds is 4. The smallest absolute Gasteiger partial charge is 0.257 e. The van der Waals surface area contributed by atoms with Gasteiger partial charge in [0.1, 0.15) is 11.1 Å². The third-order valence-corrected chi connectivity index (χ3v) is 5.84. The maximum Gasteiger partial charge on any atom is 0.345 e. The van der Waals surface area contributed by atoms with Crippen LogP contribution >= 0.6 is 50.5 Å². The highest BCUT2D eigenvalue weighted by Crippen LogP contribution is 2.35. The fourth-order valence-electron chi connectivity index (χ4n) is 1.35. The standard InChI is InChI=1S/C9H4BrCl2N3O4S2/c10-4-1-5(11)8(6(12)2-4)21(18,19)14-9-13-3-7(20-9)15(16)17/h1-3H,(H,13,14). The number of nitrogens with one attached hydrogen (secondary N) is 1. The summed E-state index contributed by atoms with van der Waals surface area (Å²) in [6, 6.07) is 2.73. The topological polar surface area (TPSA) is 102 Å². The Morgan fingerprint density at radius 1 is 1.33 bits per heavy atom. The van der Waals surface area contributed by atoms with Crippen LogP contribution in [-0.2, 0) is 10.0 Å². The van der Waals surface area contributed by atoms with E-state index in [1.54, 1.807) is 0 Å². The normalized spacial score (nSPS) is 11.4. The van der Waals surface area contributed by atoms with Crippen LogP contribution in [0.4, 0.5) is 10.1 Å². The van der Waals surface area contributed by atoms with Crippen LogP contribution in [0.3, 0.4) is 0 Å². The second-order valence-electron chi connectivity index (χ2n) is 3.56. The largest absolute Gasteiger partial charge is 0.345 e. The Morgan fingerprint density at radius 3 is 2.38 bits per heavy atom. The van der Waals surface area contributed by atoms with Gasteiger partial charge in [-0.3, -0.25) is 14.8 Å². The summed E-state index contributed by atoms with van der Waals surface area (Å²) in [4.78, 5) is 13.2. The molecule has 2 rings (SSSR count). The number of sulfonamides is 1. The van der Waals surface area contributed by atoms with Crippen molar-refractivity contribution in [2.24, 2.45) is 0 Å². The van der Waals surface area contributed by atoms with Crippen molar-refractivity contribution in [2.45, 2.75) is 4.90 Å². The van der Waals surface area contributed by atoms with Gasteiger partial charge in [-0.2, -0.15) is 0 Å². The van der Waals surface area contributed by atoms with Gasteiger partial charge in [0.05, 0.1) is 15.0 Å². The molecular weight excluding hydrogens is 429 g/mol. The second kappa shape index (κ2) is 6.05. The predicted molar refractivity (Wildman–Crippen MR) is 83.7 cm³/mol. The lowest BCUT2D eigenvalue weighted by Crippen LogP contribution is -2.13. The molecule has 0 saturated heterocycles. The Kier molecular flexibility index (Phi) is 4.73. The molecule has 0 aliphatic heterocycles. The first-order valence-electron chi connectivity index (χ1n) is 4.98. The van der Waals surface area contributed by atoms with E-state index in [2.05, 4.69) is 25.6 Å². The van der Waals surface area contributed by atoms with E-state index < -0.39 is 14.9 Å². The summed E-state index contributed by atoms with van der Waals surface area (Å²) in [6.45, 7) is 0. The number of hydrogen-bond acceptors (Lipinski definition) is 6. The number of nitro groups is 1. The third kappa shape index (κ3) is 3.64. The summed E-state index contributed by atoms with van der Waals surface area (Å²) in [5.41, 5.74) is 0. The maximum atomic E-state index is 12.2. The predicted octanol–water partition coefficient (Wildman–Crippen LogP) is 3.92. The van der Waals surface area contributed by atoms with Crippen LogP contribution < -0.4 is 4.72 Å². The van der Waals surface area contributed by atoms with E-state index >= 15 is 0 Å². The second-order valence-corrected chi connectivity index (χ2v) is 7.92. The Hall–Kier alpha value is -0.940. The van der Waals surface area contributed by atoms with Gasteiger partial charge < -0.3 is 0 Å². The van der Waals surface area contributed by atoms with Crippen LogP contribution in [0.5, 0.6) is 0 Å². The van der Waals surface area contributed by atoms with Gasteiger partial charge in [-0.25, -0.2) is 13.4 Å². The Bertz CT molecular complexity index is 801. The molecule has 1 aromatic heterocycles. The lowest BCUT2D eigenvalue weighted by atomic mass is 10.4. The number of aromatic nitrogens is 1. The van der Waals surface area contributed by atoms with Gasteiger partial charge >= 0.3 is 5.00 Å². The van der Waals surface area contributed by atoms with Crippen LogP contribution in [0, 0.1) is 10.1 Å². The van der Waals surface area contributed by atoms with Crippen LogP contribution in [0.1, 0.15) is 0 Å². The Morgan fingerprint density at radius 2 is 1.90 bits per heavy atom. The van der Waals surface area contributed by atoms with Crippen molar-refractivity contribution in [1.29, 1.82) is 0 Å². The van der Waals surface area contributed by atoms with E-state index in [0.29, 0.717) is 15.8 Å². The fraction of sp³-hybridized carbons (Fsp3) is 0. The zero-order valence-electron chi connectivity index (χ0n) is 9.71. The van der Waals surface area contributed by atoms with Crippen molar-refractivity contribution >= 4 is 70.6 Å². The van der Waals surface area contributed by atoms with E-state index in [1.165, 1.54) is 12.1 Å². The minimum Gasteiger partial charge on any atom is -0.257 e. The Labute approximate surface area is 141 Å². The molecule has 1 N–H and O–H groups in total. The monoisotopic (exact) mass is 431 g/mol. The van der Waals surface area contributed by atoms with E-state index in [0.717, 1.165) is 6.20 Å². The number of hydrogen-bond donors (Lipinski definition) is 1. The number of thiazole rings is 1. The highest BCUT2D eigenvalue weighted by Gasteiger charge is 2.24. The Balaban J connectivity index is 2.41. The minimum atomic E-state index is -4.11. The highest BCUT2D eigenvalue weighted by atomic mass is 79.9. The first-order valence-corrected chi connectivity index (χ1v) is 8.83. The molecule has 2 aromatic rings. The minimum absolute atomic E-state index is 0.0899. The van der Waals surface area contributed by atoms with E-state index in [4.69, 9.17) is 23.2 Å². The summed E-state index contributed by atoms with van der Waals surface area (Å²) in [5, 5.41) is 9.92. The summed E-state index contributed by atoms with van der Waals surface area (Å²) >= 11 is 15.5. The zero-order valence-corrected chi connectivity index (χ0v) is 14.4. The van der Waals surface area contributed by atoms with E-state index in [9.17, 15) is 18.5 Å². The van der Waals surface area contributed by atoms with Gasteiger partial charge in [0, 0.05) is 4.47 Å². The average Bonchev–Trinajstić information content (AvgIpc) is 2.74. The van der Waals surface area contributed by atoms with E-state index in [1.807, 2.05) is 0 Å². The number of anilines is 1. The molecule has 12 heteroatoms. The maximum absolute atomic E-state index is 12.2. The van der Waals surface area contributed by atoms with Gasteiger partial charge in [0.2, 0.25) is 5.13 Å². The molecular formula is C9H4BrCl2N3O4S2. The molecule has 112 valence electrons. The first-order chi connectivity index (χ1) is 9.70. The van der Waals surface area contributed by atoms with Crippen LogP contribution in [0.15, 0.2) is 27.7 Å². The first kappa shape index (κ1) is 16.4. The van der Waals surface area contributed by atoms with Crippen LogP contribution in [-0.4, -0.2) is 18.3 Å². The van der Waals surface area contributed by atoms with Crippen molar-refractivity contribution in [3.05, 3.63) is 43.0 Å². The van der Waals surface area contributed by atoms with Crippen LogP contribution in [0.2, 0.25) is 10.0 Å². The molecule has 1 aromatic carbocycles. The molecule has 0 aliphatic rings. The SMILES string of the molecule is O=[N+]([O-])c1cnc(NS(=O)(=O)c2c(Cl)cc(Br)cc2Cl)s1. The zero-order chi connectivity index (χ0) is 15.8. The molecule has 7 nitrogen and oxygen atoms in total. The highest BCUT2D eigenvalue weighted by molar-refractivity contribution is 9.10. The summed E-state index contributed by atoms with van der Waals surface area (Å²) in [6.07, 6.45) is 0.952. The summed E-state index contributed by atoms with van der Waals surface area (Å²) in [7, 11) is -4.11. The number of halogens is 3. The molecule has 0 spiro atoms. The lowest BCUT2D eigenvalue weighted by Gasteiger charge is -2.09. The van der Waals surface area contributed by atoms with E-state index in [-0.39, 0.29) is 25.1 Å². The molecule has 0 unspecified atom stereocenters. The van der Waals surface area contributed by atoms with Crippen molar-refractivity contribution < 1.29 is 13.3 Å². The van der Waals surface area contributed by atoms with Crippen molar-refractivity contribution in [3.63, 3.8) is 0 Å². The molecule has 0 radical (unpaired) electrons. The fourth-order valence-corrected chi connectivity index (χ4v) is 5.16. The summed E-state index contributed by atoms with van der Waals surface area (Å²) in [5.74, 6) is 0.